The molecule has 1 fully saturated rings. The van der Waals surface area contributed by atoms with Crippen LogP contribution in [-0.2, 0) is 29.0 Å². The third kappa shape index (κ3) is 2.89. The zero-order valence-electron chi connectivity index (χ0n) is 12.3. The number of fused-ring (bicyclic) bond motifs is 1. The van der Waals surface area contributed by atoms with Crippen molar-refractivity contribution in [2.24, 2.45) is 5.92 Å². The Kier molecular flexibility index (Phi) is 3.86. The van der Waals surface area contributed by atoms with E-state index in [4.69, 9.17) is 0 Å². The van der Waals surface area contributed by atoms with Crippen LogP contribution in [0.5, 0.6) is 0 Å². The second-order valence-electron chi connectivity index (χ2n) is 5.66. The summed E-state index contributed by atoms with van der Waals surface area (Å²) in [6, 6.07) is 0. The molecule has 1 saturated heterocycles. The molecule has 2 aliphatic rings. The van der Waals surface area contributed by atoms with Gasteiger partial charge in [0.05, 0.1) is 12.5 Å². The highest BCUT2D eigenvalue weighted by atomic mass is 16.2. The molecule has 21 heavy (non-hydrogen) atoms. The van der Waals surface area contributed by atoms with E-state index in [1.54, 1.807) is 4.90 Å². The van der Waals surface area contributed by atoms with Crippen molar-refractivity contribution in [2.45, 2.75) is 39.2 Å². The van der Waals surface area contributed by atoms with Crippen LogP contribution in [0, 0.1) is 5.92 Å². The first-order valence-corrected chi connectivity index (χ1v) is 7.56. The Labute approximate surface area is 124 Å². The molecule has 1 aliphatic carbocycles. The Balaban J connectivity index is 1.55. The van der Waals surface area contributed by atoms with Gasteiger partial charge in [0, 0.05) is 31.4 Å². The molecule has 6 nitrogen and oxygen atoms in total. The van der Waals surface area contributed by atoms with Crippen molar-refractivity contribution in [3.8, 4) is 0 Å². The molecule has 112 valence electrons. The number of rotatable bonds is 4. The highest BCUT2D eigenvalue weighted by Crippen LogP contribution is 2.19. The zero-order chi connectivity index (χ0) is 14.8. The quantitative estimate of drug-likeness (QED) is 0.873. The van der Waals surface area contributed by atoms with Gasteiger partial charge >= 0.3 is 0 Å². The molecule has 6 heteroatoms. The number of carbonyl (C=O) groups is 2. The monoisotopic (exact) mass is 288 g/mol. The number of carbonyl (C=O) groups excluding carboxylic acids is 2. The second kappa shape index (κ2) is 5.79. The molecule has 0 saturated carbocycles. The molecule has 0 unspecified atom stereocenters. The van der Waals surface area contributed by atoms with Crippen molar-refractivity contribution < 1.29 is 9.59 Å². The van der Waals surface area contributed by atoms with Gasteiger partial charge in [0.15, 0.2) is 0 Å². The molecule has 0 radical (unpaired) electrons. The number of aryl methyl sites for hydroxylation is 2. The number of nitrogens with zero attached hydrogens (tertiary/aromatic N) is 3. The van der Waals surface area contributed by atoms with Crippen LogP contribution in [0.4, 0.5) is 0 Å². The van der Waals surface area contributed by atoms with Crippen molar-refractivity contribution in [3.05, 3.63) is 23.3 Å². The van der Waals surface area contributed by atoms with Gasteiger partial charge in [0.25, 0.3) is 0 Å². The molecule has 0 spiro atoms. The predicted octanol–water partition coefficient (Wildman–Crippen LogP) is 0.450. The molecule has 1 aromatic rings. The average Bonchev–Trinajstić information content (AvgIpc) is 3.10. The third-order valence-corrected chi connectivity index (χ3v) is 4.25. The molecule has 3 rings (SSSR count). The molecular formula is C15H20N4O2. The fourth-order valence-corrected chi connectivity index (χ4v) is 3.00. The van der Waals surface area contributed by atoms with Gasteiger partial charge in [-0.15, -0.1) is 0 Å². The minimum atomic E-state index is -0.244. The largest absolute Gasteiger partial charge is 0.348 e. The molecule has 1 aliphatic heterocycles. The summed E-state index contributed by atoms with van der Waals surface area (Å²) < 4.78 is 0. The normalized spacial score (nSPS) is 20.7. The fraction of sp³-hybridized carbons (Fsp3) is 0.600. The van der Waals surface area contributed by atoms with E-state index in [0.717, 1.165) is 25.0 Å². The van der Waals surface area contributed by atoms with Gasteiger partial charge in [0.2, 0.25) is 11.8 Å². The van der Waals surface area contributed by atoms with Gasteiger partial charge in [-0.25, -0.2) is 9.97 Å². The number of hydrogen-bond acceptors (Lipinski definition) is 4. The molecule has 2 heterocycles. The molecule has 2 amide bonds. The van der Waals surface area contributed by atoms with Crippen LogP contribution >= 0.6 is 0 Å². The lowest BCUT2D eigenvalue weighted by atomic mass is 10.1. The van der Waals surface area contributed by atoms with Crippen LogP contribution in [-0.4, -0.2) is 39.8 Å². The van der Waals surface area contributed by atoms with Crippen LogP contribution in [0.15, 0.2) is 6.20 Å². The van der Waals surface area contributed by atoms with Crippen molar-refractivity contribution in [1.29, 1.82) is 0 Å². The van der Waals surface area contributed by atoms with E-state index in [9.17, 15) is 9.59 Å². The van der Waals surface area contributed by atoms with Crippen molar-refractivity contribution >= 4 is 11.8 Å². The summed E-state index contributed by atoms with van der Waals surface area (Å²) in [6.07, 6.45) is 5.37. The van der Waals surface area contributed by atoms with E-state index in [0.29, 0.717) is 31.9 Å². The lowest BCUT2D eigenvalue weighted by Crippen LogP contribution is -2.33. The van der Waals surface area contributed by atoms with E-state index in [1.807, 2.05) is 13.1 Å². The van der Waals surface area contributed by atoms with Crippen LogP contribution in [0.3, 0.4) is 0 Å². The van der Waals surface area contributed by atoms with Crippen LogP contribution < -0.4 is 5.32 Å². The zero-order valence-corrected chi connectivity index (χ0v) is 12.3. The number of aromatic nitrogens is 2. The van der Waals surface area contributed by atoms with E-state index in [-0.39, 0.29) is 17.7 Å². The van der Waals surface area contributed by atoms with Gasteiger partial charge in [0.1, 0.15) is 5.82 Å². The van der Waals surface area contributed by atoms with Gasteiger partial charge in [-0.1, -0.05) is 0 Å². The lowest BCUT2D eigenvalue weighted by molar-refractivity contribution is -0.128. The van der Waals surface area contributed by atoms with Gasteiger partial charge in [-0.05, 0) is 31.7 Å². The van der Waals surface area contributed by atoms with Crippen molar-refractivity contribution in [3.63, 3.8) is 0 Å². The van der Waals surface area contributed by atoms with Gasteiger partial charge in [-0.3, -0.25) is 9.59 Å². The topological polar surface area (TPSA) is 75.2 Å². The van der Waals surface area contributed by atoms with E-state index < -0.39 is 0 Å². The number of nitrogens with one attached hydrogen (secondary N) is 1. The Bertz CT molecular complexity index is 573. The minimum Gasteiger partial charge on any atom is -0.348 e. The number of likely N-dealkylation sites (tertiary alicyclic amines) is 1. The van der Waals surface area contributed by atoms with E-state index in [1.165, 1.54) is 5.56 Å². The van der Waals surface area contributed by atoms with Crippen molar-refractivity contribution in [2.75, 3.05) is 13.1 Å². The standard InChI is InChI=1S/C15H20N4O2/c1-2-19-9-11(6-14(19)20)15(21)17-8-13-16-7-10-4-3-5-12(10)18-13/h7,11H,2-6,8-9H2,1H3,(H,17,21)/t11-/m0/s1. The molecule has 0 bridgehead atoms. The van der Waals surface area contributed by atoms with Crippen LogP contribution in [0.2, 0.25) is 0 Å². The summed E-state index contributed by atoms with van der Waals surface area (Å²) in [7, 11) is 0. The highest BCUT2D eigenvalue weighted by Gasteiger charge is 2.33. The smallest absolute Gasteiger partial charge is 0.225 e. The maximum absolute atomic E-state index is 12.1. The van der Waals surface area contributed by atoms with Gasteiger partial charge < -0.3 is 10.2 Å². The Hall–Kier alpha value is -1.98. The molecule has 1 aromatic heterocycles. The molecule has 1 atom stereocenters. The first-order valence-electron chi connectivity index (χ1n) is 7.56. The number of amides is 2. The van der Waals surface area contributed by atoms with Crippen LogP contribution in [0.1, 0.15) is 36.8 Å². The summed E-state index contributed by atoms with van der Waals surface area (Å²) in [5.74, 6) is 0.391. The maximum Gasteiger partial charge on any atom is 0.225 e. The summed E-state index contributed by atoms with van der Waals surface area (Å²) >= 11 is 0. The summed E-state index contributed by atoms with van der Waals surface area (Å²) in [6.45, 7) is 3.45. The van der Waals surface area contributed by atoms with Crippen molar-refractivity contribution in [1.82, 2.24) is 20.2 Å². The third-order valence-electron chi connectivity index (χ3n) is 4.25. The second-order valence-corrected chi connectivity index (χ2v) is 5.66. The highest BCUT2D eigenvalue weighted by molar-refractivity contribution is 5.89. The Morgan fingerprint density at radius 2 is 2.33 bits per heavy atom. The lowest BCUT2D eigenvalue weighted by Gasteiger charge is -2.13. The first kappa shape index (κ1) is 14.0. The molecule has 0 aromatic carbocycles. The minimum absolute atomic E-state index is 0.0615. The molecule has 1 N–H and O–H groups in total. The Morgan fingerprint density at radius 3 is 3.10 bits per heavy atom. The van der Waals surface area contributed by atoms with E-state index >= 15 is 0 Å². The van der Waals surface area contributed by atoms with E-state index in [2.05, 4.69) is 15.3 Å². The predicted molar refractivity (Wildman–Crippen MR) is 76.3 cm³/mol. The maximum atomic E-state index is 12.1. The first-order chi connectivity index (χ1) is 10.2. The summed E-state index contributed by atoms with van der Waals surface area (Å²) in [5.41, 5.74) is 2.34. The fourth-order valence-electron chi connectivity index (χ4n) is 3.00. The van der Waals surface area contributed by atoms with Gasteiger partial charge in [-0.2, -0.15) is 0 Å². The molecular weight excluding hydrogens is 268 g/mol. The summed E-state index contributed by atoms with van der Waals surface area (Å²) in [4.78, 5) is 34.3. The SMILES string of the molecule is CCN1C[C@@H](C(=O)NCc2ncc3c(n2)CCC3)CC1=O. The Morgan fingerprint density at radius 1 is 1.48 bits per heavy atom. The number of hydrogen-bond donors (Lipinski definition) is 1. The average molecular weight is 288 g/mol. The summed E-state index contributed by atoms with van der Waals surface area (Å²) in [5, 5.41) is 2.85. The van der Waals surface area contributed by atoms with Crippen LogP contribution in [0.25, 0.3) is 0 Å².